The molecule has 1 N–H and O–H groups in total. The number of thiazole rings is 1. The monoisotopic (exact) mass is 558 g/mol. The van der Waals surface area contributed by atoms with Gasteiger partial charge in [0.05, 0.1) is 29.6 Å². The molecular formula is C29H26N4O6S. The minimum atomic E-state index is -1.04. The molecule has 0 spiro atoms. The molecule has 11 heteroatoms. The molecule has 40 heavy (non-hydrogen) atoms. The number of amides is 1. The van der Waals surface area contributed by atoms with Crippen LogP contribution >= 0.6 is 11.3 Å². The normalized spacial score (nSPS) is 16.5. The number of ketones is 1. The highest BCUT2D eigenvalue weighted by atomic mass is 32.1. The first-order valence-electron chi connectivity index (χ1n) is 12.5. The molecule has 3 aromatic heterocycles. The van der Waals surface area contributed by atoms with Crippen molar-refractivity contribution in [2.24, 2.45) is 0 Å². The van der Waals surface area contributed by atoms with E-state index >= 15 is 0 Å². The van der Waals surface area contributed by atoms with E-state index in [4.69, 9.17) is 9.47 Å². The summed E-state index contributed by atoms with van der Waals surface area (Å²) in [6, 6.07) is 11.2. The number of anilines is 1. The number of hydrogen-bond donors (Lipinski definition) is 1. The number of esters is 1. The van der Waals surface area contributed by atoms with Crippen molar-refractivity contribution in [3.8, 4) is 5.75 Å². The third-order valence-corrected chi connectivity index (χ3v) is 7.53. The van der Waals surface area contributed by atoms with Gasteiger partial charge >= 0.3 is 11.9 Å². The van der Waals surface area contributed by atoms with Crippen molar-refractivity contribution in [1.29, 1.82) is 0 Å². The van der Waals surface area contributed by atoms with E-state index in [1.165, 1.54) is 11.0 Å². The van der Waals surface area contributed by atoms with Crippen LogP contribution in [0.4, 0.5) is 5.13 Å². The number of Topliss-reactive ketones (excluding diaryl/α,β-unsaturated/α-hetero) is 1. The molecule has 1 unspecified atom stereocenters. The molecule has 1 aliphatic rings. The molecule has 1 saturated heterocycles. The molecule has 4 heterocycles. The zero-order valence-electron chi connectivity index (χ0n) is 22.1. The van der Waals surface area contributed by atoms with Crippen LogP contribution in [0.15, 0.2) is 66.9 Å². The lowest BCUT2D eigenvalue weighted by Gasteiger charge is -2.23. The van der Waals surface area contributed by atoms with Gasteiger partial charge in [0.2, 0.25) is 0 Å². The highest BCUT2D eigenvalue weighted by Crippen LogP contribution is 2.44. The van der Waals surface area contributed by atoms with E-state index in [1.54, 1.807) is 60.8 Å². The highest BCUT2D eigenvalue weighted by molar-refractivity contribution is 7.17. The van der Waals surface area contributed by atoms with E-state index in [1.807, 2.05) is 13.0 Å². The summed E-state index contributed by atoms with van der Waals surface area (Å²) in [7, 11) is 0. The van der Waals surface area contributed by atoms with Crippen LogP contribution in [-0.2, 0) is 14.3 Å². The maximum Gasteiger partial charge on any atom is 0.350 e. The molecule has 1 amide bonds. The molecule has 0 bridgehead atoms. The van der Waals surface area contributed by atoms with Crippen LogP contribution in [-0.4, -0.2) is 50.3 Å². The summed E-state index contributed by atoms with van der Waals surface area (Å²) in [5.41, 5.74) is 2.13. The molecule has 1 atom stereocenters. The third-order valence-electron chi connectivity index (χ3n) is 6.39. The Morgan fingerprint density at radius 3 is 2.58 bits per heavy atom. The number of hydrogen-bond acceptors (Lipinski definition) is 9. The van der Waals surface area contributed by atoms with Gasteiger partial charge in [0.15, 0.2) is 10.9 Å². The van der Waals surface area contributed by atoms with Gasteiger partial charge in [-0.15, -0.1) is 0 Å². The summed E-state index contributed by atoms with van der Waals surface area (Å²) < 4.78 is 12.4. The molecule has 5 rings (SSSR count). The fourth-order valence-electron chi connectivity index (χ4n) is 4.66. The molecule has 204 valence electrons. The van der Waals surface area contributed by atoms with Gasteiger partial charge in [-0.3, -0.25) is 18.9 Å². The van der Waals surface area contributed by atoms with Crippen LogP contribution in [0, 0.1) is 13.8 Å². The largest absolute Gasteiger partial charge is 0.505 e. The van der Waals surface area contributed by atoms with Gasteiger partial charge in [0.25, 0.3) is 5.78 Å². The number of ether oxygens (including phenoxy) is 2. The molecule has 0 radical (unpaired) electrons. The standard InChI is InChI=1S/C29H26N4O6S/c1-5-15-39-28(37)26-17(4)31-29(40-26)33-23(18-10-12-19(13-11-18)38-6-2)21(25(35)27(33)36)24(34)22-16(3)30-20-9-7-8-14-32(20)22/h5,7-14,23,34H,1,6,15H2,2-4H3. The summed E-state index contributed by atoms with van der Waals surface area (Å²) in [6.45, 7) is 9.23. The smallest absolute Gasteiger partial charge is 0.350 e. The zero-order valence-corrected chi connectivity index (χ0v) is 22.9. The molecule has 0 saturated carbocycles. The van der Waals surface area contributed by atoms with Crippen molar-refractivity contribution in [1.82, 2.24) is 14.4 Å². The molecule has 4 aromatic rings. The summed E-state index contributed by atoms with van der Waals surface area (Å²) in [4.78, 5) is 50.1. The Kier molecular flexibility index (Phi) is 7.22. The van der Waals surface area contributed by atoms with E-state index in [0.717, 1.165) is 11.3 Å². The first-order chi connectivity index (χ1) is 19.3. The summed E-state index contributed by atoms with van der Waals surface area (Å²) >= 11 is 0.934. The Balaban J connectivity index is 1.70. The highest BCUT2D eigenvalue weighted by Gasteiger charge is 2.49. The Morgan fingerprint density at radius 2 is 1.88 bits per heavy atom. The minimum Gasteiger partial charge on any atom is -0.505 e. The Labute approximate surface area is 233 Å². The maximum atomic E-state index is 13.6. The van der Waals surface area contributed by atoms with E-state index in [2.05, 4.69) is 16.5 Å². The molecule has 0 aliphatic carbocycles. The predicted molar refractivity (Wildman–Crippen MR) is 150 cm³/mol. The lowest BCUT2D eigenvalue weighted by atomic mass is 9.96. The Morgan fingerprint density at radius 1 is 1.12 bits per heavy atom. The Hall–Kier alpha value is -4.77. The van der Waals surface area contributed by atoms with Gasteiger partial charge < -0.3 is 14.6 Å². The Bertz CT molecular complexity index is 1680. The molecule has 1 aliphatic heterocycles. The van der Waals surface area contributed by atoms with Gasteiger partial charge in [-0.25, -0.2) is 14.8 Å². The summed E-state index contributed by atoms with van der Waals surface area (Å²) in [5, 5.41) is 11.8. The number of aryl methyl sites for hydroxylation is 2. The van der Waals surface area contributed by atoms with E-state index in [0.29, 0.717) is 40.6 Å². The second kappa shape index (κ2) is 10.8. The van der Waals surface area contributed by atoms with Gasteiger partial charge in [-0.1, -0.05) is 42.2 Å². The van der Waals surface area contributed by atoms with Gasteiger partial charge in [-0.05, 0) is 50.6 Å². The number of carbonyl (C=O) groups excluding carboxylic acids is 3. The topological polar surface area (TPSA) is 123 Å². The summed E-state index contributed by atoms with van der Waals surface area (Å²) in [5.74, 6) is -2.14. The van der Waals surface area contributed by atoms with Crippen LogP contribution in [0.2, 0.25) is 0 Å². The van der Waals surface area contributed by atoms with Crippen LogP contribution in [0.3, 0.4) is 0 Å². The number of imidazole rings is 1. The number of aliphatic hydroxyl groups is 1. The number of rotatable bonds is 8. The molecule has 10 nitrogen and oxygen atoms in total. The lowest BCUT2D eigenvalue weighted by Crippen LogP contribution is -2.29. The van der Waals surface area contributed by atoms with E-state index in [-0.39, 0.29) is 27.9 Å². The van der Waals surface area contributed by atoms with Gasteiger partial charge in [0.1, 0.15) is 28.6 Å². The number of aliphatic hydroxyl groups excluding tert-OH is 1. The van der Waals surface area contributed by atoms with Crippen LogP contribution in [0.5, 0.6) is 5.75 Å². The zero-order chi connectivity index (χ0) is 28.6. The summed E-state index contributed by atoms with van der Waals surface area (Å²) in [6.07, 6.45) is 3.17. The van der Waals surface area contributed by atoms with E-state index in [9.17, 15) is 19.5 Å². The van der Waals surface area contributed by atoms with Gasteiger partial charge in [0, 0.05) is 6.20 Å². The quantitative estimate of drug-likeness (QED) is 0.108. The van der Waals surface area contributed by atoms with Crippen molar-refractivity contribution in [2.45, 2.75) is 26.8 Å². The van der Waals surface area contributed by atoms with E-state index < -0.39 is 23.7 Å². The fraction of sp³-hybridized carbons (Fsp3) is 0.207. The number of nitrogens with zero attached hydrogens (tertiary/aromatic N) is 4. The van der Waals surface area contributed by atoms with Crippen LogP contribution in [0.25, 0.3) is 11.4 Å². The average Bonchev–Trinajstić information content (AvgIpc) is 3.57. The molecular weight excluding hydrogens is 532 g/mol. The maximum absolute atomic E-state index is 13.6. The van der Waals surface area contributed by atoms with Crippen molar-refractivity contribution in [3.63, 3.8) is 0 Å². The second-order valence-corrected chi connectivity index (χ2v) is 9.92. The number of aromatic nitrogens is 3. The van der Waals surface area contributed by atoms with Crippen molar-refractivity contribution >= 4 is 45.5 Å². The second-order valence-electron chi connectivity index (χ2n) is 8.94. The number of carbonyl (C=O) groups is 3. The molecule has 1 aromatic carbocycles. The fourth-order valence-corrected chi connectivity index (χ4v) is 5.65. The van der Waals surface area contributed by atoms with Crippen molar-refractivity contribution < 1.29 is 29.0 Å². The SMILES string of the molecule is C=CCOC(=O)c1sc(N2C(=O)C(=O)C(=C(O)c3c(C)nc4ccccn34)C2c2ccc(OCC)cc2)nc1C. The van der Waals surface area contributed by atoms with Gasteiger partial charge in [-0.2, -0.15) is 0 Å². The number of benzene rings is 1. The minimum absolute atomic E-state index is 0.0147. The first-order valence-corrected chi connectivity index (χ1v) is 13.3. The number of pyridine rings is 1. The lowest BCUT2D eigenvalue weighted by molar-refractivity contribution is -0.132. The number of fused-ring (bicyclic) bond motifs is 1. The van der Waals surface area contributed by atoms with Crippen LogP contribution in [0.1, 0.15) is 45.3 Å². The average molecular weight is 559 g/mol. The first kappa shape index (κ1) is 26.8. The van der Waals surface area contributed by atoms with Crippen LogP contribution < -0.4 is 9.64 Å². The predicted octanol–water partition coefficient (Wildman–Crippen LogP) is 4.78. The van der Waals surface area contributed by atoms with Crippen molar-refractivity contribution in [3.05, 3.63) is 94.4 Å². The third kappa shape index (κ3) is 4.54. The van der Waals surface area contributed by atoms with Crippen molar-refractivity contribution in [2.75, 3.05) is 18.1 Å². The molecule has 1 fully saturated rings.